The number of hydrogen-bond acceptors (Lipinski definition) is 9. The number of benzene rings is 2. The minimum Gasteiger partial charge on any atom is -0.333 e. The van der Waals surface area contributed by atoms with Gasteiger partial charge in [-0.05, 0) is 17.7 Å². The molecule has 0 atom stereocenters. The van der Waals surface area contributed by atoms with Crippen LogP contribution >= 0.6 is 23.2 Å². The Morgan fingerprint density at radius 1 is 0.969 bits per heavy atom. The lowest BCUT2D eigenvalue weighted by Crippen LogP contribution is -2.31. The Labute approximate surface area is 189 Å². The lowest BCUT2D eigenvalue weighted by Gasteiger charge is -2.12. The highest BCUT2D eigenvalue weighted by atomic mass is 35.5. The number of amides is 1. The molecule has 0 unspecified atom stereocenters. The van der Waals surface area contributed by atoms with Crippen molar-refractivity contribution in [2.75, 3.05) is 10.7 Å². The van der Waals surface area contributed by atoms with Crippen LogP contribution in [0.25, 0.3) is 0 Å². The number of carbonyl (C=O) groups excluding carboxylic acids is 1. The van der Waals surface area contributed by atoms with E-state index in [1.54, 1.807) is 18.2 Å². The minimum absolute atomic E-state index is 0.108. The quantitative estimate of drug-likeness (QED) is 0.320. The standard InChI is InChI=1S/C18H13Cl2N7O5/c19-12-2-1-3-13(15(12)20)23-17-16(27(31)32)18(22-9-21-17)25-24-14(28)8-10-4-6-11(7-5-10)26(29)30/h1-7,9H,8H2,(H,24,28)(H2,21,22,23,25). The van der Waals surface area contributed by atoms with Gasteiger partial charge in [-0.1, -0.05) is 41.4 Å². The first-order valence-electron chi connectivity index (χ1n) is 8.75. The zero-order valence-electron chi connectivity index (χ0n) is 15.9. The minimum atomic E-state index is -0.731. The van der Waals surface area contributed by atoms with Gasteiger partial charge in [0, 0.05) is 12.1 Å². The van der Waals surface area contributed by atoms with E-state index in [4.69, 9.17) is 23.2 Å². The van der Waals surface area contributed by atoms with Crippen molar-refractivity contribution in [2.24, 2.45) is 0 Å². The number of anilines is 3. The van der Waals surface area contributed by atoms with Crippen LogP contribution in [0, 0.1) is 20.2 Å². The number of non-ortho nitro benzene ring substituents is 1. The van der Waals surface area contributed by atoms with Crippen molar-refractivity contribution >= 4 is 57.8 Å². The van der Waals surface area contributed by atoms with Gasteiger partial charge in [0.15, 0.2) is 0 Å². The van der Waals surface area contributed by atoms with Crippen LogP contribution in [0.3, 0.4) is 0 Å². The molecule has 0 radical (unpaired) electrons. The van der Waals surface area contributed by atoms with Gasteiger partial charge >= 0.3 is 5.69 Å². The molecule has 32 heavy (non-hydrogen) atoms. The van der Waals surface area contributed by atoms with E-state index in [0.717, 1.165) is 6.33 Å². The van der Waals surface area contributed by atoms with Gasteiger partial charge in [0.2, 0.25) is 17.5 Å². The van der Waals surface area contributed by atoms with Crippen LogP contribution in [-0.4, -0.2) is 25.7 Å². The fourth-order valence-corrected chi connectivity index (χ4v) is 2.90. The first-order chi connectivity index (χ1) is 15.3. The fourth-order valence-electron chi connectivity index (χ4n) is 2.56. The molecule has 1 amide bonds. The van der Waals surface area contributed by atoms with Crippen molar-refractivity contribution in [1.82, 2.24) is 15.4 Å². The summed E-state index contributed by atoms with van der Waals surface area (Å²) in [6.45, 7) is 0. The number of rotatable bonds is 8. The van der Waals surface area contributed by atoms with Crippen molar-refractivity contribution in [3.8, 4) is 0 Å². The molecule has 0 aliphatic heterocycles. The molecule has 1 heterocycles. The highest BCUT2D eigenvalue weighted by Crippen LogP contribution is 2.35. The van der Waals surface area contributed by atoms with Crippen LogP contribution in [0.4, 0.5) is 28.7 Å². The van der Waals surface area contributed by atoms with Gasteiger partial charge in [-0.3, -0.25) is 35.9 Å². The highest BCUT2D eigenvalue weighted by molar-refractivity contribution is 6.43. The maximum Gasteiger partial charge on any atom is 0.355 e. The van der Waals surface area contributed by atoms with Gasteiger partial charge in [0.1, 0.15) is 6.33 Å². The molecular weight excluding hydrogens is 465 g/mol. The third kappa shape index (κ3) is 5.36. The summed E-state index contributed by atoms with van der Waals surface area (Å²) < 4.78 is 0. The Balaban J connectivity index is 1.74. The number of nitrogens with zero attached hydrogens (tertiary/aromatic N) is 4. The summed E-state index contributed by atoms with van der Waals surface area (Å²) in [7, 11) is 0. The number of hydrazine groups is 1. The molecule has 0 aliphatic carbocycles. The lowest BCUT2D eigenvalue weighted by molar-refractivity contribution is -0.384. The number of nitro benzene ring substituents is 1. The van der Waals surface area contributed by atoms with E-state index in [9.17, 15) is 25.0 Å². The molecule has 0 saturated heterocycles. The van der Waals surface area contributed by atoms with Gasteiger partial charge in [0.25, 0.3) is 5.69 Å². The maximum absolute atomic E-state index is 12.2. The summed E-state index contributed by atoms with van der Waals surface area (Å²) in [6, 6.07) is 10.1. The molecule has 0 aliphatic rings. The molecule has 164 valence electrons. The molecule has 3 aromatic rings. The number of aromatic nitrogens is 2. The highest BCUT2D eigenvalue weighted by Gasteiger charge is 2.24. The first-order valence-corrected chi connectivity index (χ1v) is 9.50. The second-order valence-electron chi connectivity index (χ2n) is 6.18. The monoisotopic (exact) mass is 477 g/mol. The van der Waals surface area contributed by atoms with Crippen molar-refractivity contribution in [1.29, 1.82) is 0 Å². The van der Waals surface area contributed by atoms with Crippen LogP contribution in [0.1, 0.15) is 5.56 Å². The third-order valence-electron chi connectivity index (χ3n) is 4.04. The van der Waals surface area contributed by atoms with E-state index in [-0.39, 0.29) is 39.5 Å². The summed E-state index contributed by atoms with van der Waals surface area (Å²) in [6.07, 6.45) is 0.922. The summed E-state index contributed by atoms with van der Waals surface area (Å²) in [5.74, 6) is -1.01. The molecule has 3 N–H and O–H groups in total. The van der Waals surface area contributed by atoms with Gasteiger partial charge in [-0.25, -0.2) is 9.97 Å². The molecule has 0 fully saturated rings. The largest absolute Gasteiger partial charge is 0.355 e. The van der Waals surface area contributed by atoms with Crippen molar-refractivity contribution < 1.29 is 14.6 Å². The molecule has 1 aromatic heterocycles. The van der Waals surface area contributed by atoms with E-state index in [1.807, 2.05) is 0 Å². The second kappa shape index (κ2) is 9.85. The third-order valence-corrected chi connectivity index (χ3v) is 4.86. The topological polar surface area (TPSA) is 165 Å². The molecule has 0 saturated carbocycles. The summed E-state index contributed by atoms with van der Waals surface area (Å²) in [5, 5.41) is 25.4. The number of halogens is 2. The summed E-state index contributed by atoms with van der Waals surface area (Å²) in [4.78, 5) is 40.9. The number of nitro groups is 2. The number of carbonyl (C=O) groups is 1. The van der Waals surface area contributed by atoms with Gasteiger partial charge in [-0.15, -0.1) is 0 Å². The van der Waals surface area contributed by atoms with E-state index in [1.165, 1.54) is 24.3 Å². The molecule has 3 rings (SSSR count). The van der Waals surface area contributed by atoms with E-state index >= 15 is 0 Å². The van der Waals surface area contributed by atoms with Crippen molar-refractivity contribution in [3.05, 3.63) is 84.6 Å². The summed E-state index contributed by atoms with van der Waals surface area (Å²) in [5.41, 5.74) is 4.84. The molecule has 14 heteroatoms. The molecule has 2 aromatic carbocycles. The van der Waals surface area contributed by atoms with Crippen molar-refractivity contribution in [3.63, 3.8) is 0 Å². The molecule has 0 bridgehead atoms. The SMILES string of the molecule is O=C(Cc1ccc([N+](=O)[O-])cc1)NNc1ncnc(Nc2cccc(Cl)c2Cl)c1[N+](=O)[O-]. The van der Waals surface area contributed by atoms with Gasteiger partial charge < -0.3 is 5.32 Å². The number of nitrogens with one attached hydrogen (secondary N) is 3. The molecule has 12 nitrogen and oxygen atoms in total. The molecular formula is C18H13Cl2N7O5. The van der Waals surface area contributed by atoms with E-state index in [0.29, 0.717) is 5.56 Å². The van der Waals surface area contributed by atoms with Gasteiger partial charge in [-0.2, -0.15) is 0 Å². The predicted octanol–water partition coefficient (Wildman–Crippen LogP) is 4.03. The van der Waals surface area contributed by atoms with E-state index < -0.39 is 21.4 Å². The lowest BCUT2D eigenvalue weighted by atomic mass is 10.1. The van der Waals surface area contributed by atoms with Crippen LogP contribution in [0.5, 0.6) is 0 Å². The zero-order valence-corrected chi connectivity index (χ0v) is 17.4. The van der Waals surface area contributed by atoms with Crippen LogP contribution in [0.2, 0.25) is 10.0 Å². The van der Waals surface area contributed by atoms with Gasteiger partial charge in [0.05, 0.1) is 32.0 Å². The van der Waals surface area contributed by atoms with Crippen LogP contribution in [0.15, 0.2) is 48.8 Å². The summed E-state index contributed by atoms with van der Waals surface area (Å²) >= 11 is 12.1. The van der Waals surface area contributed by atoms with Crippen LogP contribution < -0.4 is 16.2 Å². The van der Waals surface area contributed by atoms with E-state index in [2.05, 4.69) is 26.1 Å². The Bertz CT molecular complexity index is 1190. The first kappa shape index (κ1) is 22.7. The number of hydrogen-bond donors (Lipinski definition) is 3. The maximum atomic E-state index is 12.2. The Kier molecular flexibility index (Phi) is 6.97. The average Bonchev–Trinajstić information content (AvgIpc) is 2.75. The normalized spacial score (nSPS) is 10.3. The Hall–Kier alpha value is -4.03. The predicted molar refractivity (Wildman–Crippen MR) is 117 cm³/mol. The zero-order chi connectivity index (χ0) is 23.3. The molecule has 0 spiro atoms. The smallest absolute Gasteiger partial charge is 0.333 e. The van der Waals surface area contributed by atoms with Crippen LogP contribution in [-0.2, 0) is 11.2 Å². The second-order valence-corrected chi connectivity index (χ2v) is 6.96. The Morgan fingerprint density at radius 2 is 1.66 bits per heavy atom. The Morgan fingerprint density at radius 3 is 2.31 bits per heavy atom. The van der Waals surface area contributed by atoms with Crippen molar-refractivity contribution in [2.45, 2.75) is 6.42 Å². The fraction of sp³-hybridized carbons (Fsp3) is 0.0556. The average molecular weight is 478 g/mol.